The highest BCUT2D eigenvalue weighted by molar-refractivity contribution is 5.73. The topological polar surface area (TPSA) is 72.8 Å². The molecular weight excluding hydrogens is 322 g/mol. The largest absolute Gasteiger partial charge is 1.00 e. The summed E-state index contributed by atoms with van der Waals surface area (Å²) in [6.07, 6.45) is -0.691. The number of nitrogens with zero attached hydrogens (tertiary/aromatic N) is 1. The highest BCUT2D eigenvalue weighted by atomic mass is 35.5. The first-order chi connectivity index (χ1) is 9.57. The first kappa shape index (κ1) is 24.4. The first-order valence-corrected chi connectivity index (χ1v) is 7.51. The van der Waals surface area contributed by atoms with Crippen molar-refractivity contribution in [3.63, 3.8) is 0 Å². The van der Waals surface area contributed by atoms with E-state index in [9.17, 15) is 14.7 Å². The third kappa shape index (κ3) is 15.8. The van der Waals surface area contributed by atoms with Gasteiger partial charge in [-0.05, 0) is 34.6 Å². The minimum absolute atomic E-state index is 0. The van der Waals surface area contributed by atoms with Crippen LogP contribution in [0.25, 0.3) is 0 Å². The number of hydrogen-bond donors (Lipinski definition) is 1. The van der Waals surface area contributed by atoms with Gasteiger partial charge in [-0.3, -0.25) is 9.59 Å². The van der Waals surface area contributed by atoms with Crippen molar-refractivity contribution in [2.75, 3.05) is 27.7 Å². The average molecular weight is 354 g/mol. The van der Waals surface area contributed by atoms with Crippen molar-refractivity contribution in [1.29, 1.82) is 0 Å². The zero-order chi connectivity index (χ0) is 17.8. The van der Waals surface area contributed by atoms with E-state index < -0.39 is 29.2 Å². The second kappa shape index (κ2) is 8.85. The zero-order valence-electron chi connectivity index (χ0n) is 15.6. The molecule has 0 aromatic rings. The summed E-state index contributed by atoms with van der Waals surface area (Å²) in [4.78, 5) is 23.8. The van der Waals surface area contributed by atoms with E-state index in [1.807, 2.05) is 21.1 Å². The maximum absolute atomic E-state index is 12.0. The van der Waals surface area contributed by atoms with Crippen LogP contribution in [0.5, 0.6) is 0 Å². The lowest BCUT2D eigenvalue weighted by molar-refractivity contribution is -0.873. The van der Waals surface area contributed by atoms with Gasteiger partial charge in [0.1, 0.15) is 12.1 Å². The van der Waals surface area contributed by atoms with Crippen LogP contribution in [0.2, 0.25) is 0 Å². The van der Waals surface area contributed by atoms with Crippen molar-refractivity contribution in [2.24, 2.45) is 0 Å². The summed E-state index contributed by atoms with van der Waals surface area (Å²) >= 11 is 0. The Morgan fingerprint density at radius 2 is 1.52 bits per heavy atom. The molecule has 0 saturated carbocycles. The maximum Gasteiger partial charge on any atom is 0.310 e. The van der Waals surface area contributed by atoms with E-state index in [1.54, 1.807) is 20.8 Å². The molecule has 0 aliphatic rings. The Hall–Kier alpha value is -0.850. The molecule has 0 fully saturated rings. The van der Waals surface area contributed by atoms with Crippen LogP contribution >= 0.6 is 0 Å². The molecule has 1 atom stereocenters. The Kier molecular flexibility index (Phi) is 9.39. The van der Waals surface area contributed by atoms with Crippen LogP contribution in [0.1, 0.15) is 47.5 Å². The Morgan fingerprint density at radius 1 is 1.04 bits per heavy atom. The molecule has 0 spiro atoms. The van der Waals surface area contributed by atoms with Crippen molar-refractivity contribution < 1.29 is 41.1 Å². The van der Waals surface area contributed by atoms with Crippen LogP contribution in [-0.2, 0) is 19.1 Å². The maximum atomic E-state index is 12.0. The molecule has 0 heterocycles. The summed E-state index contributed by atoms with van der Waals surface area (Å²) in [5, 5.41) is 9.67. The van der Waals surface area contributed by atoms with Crippen LogP contribution in [0, 0.1) is 0 Å². The third-order valence-electron chi connectivity index (χ3n) is 2.44. The van der Waals surface area contributed by atoms with E-state index in [1.165, 1.54) is 13.8 Å². The number of carbonyl (C=O) groups excluding carboxylic acids is 2. The second-order valence-corrected chi connectivity index (χ2v) is 8.36. The number of rotatable bonds is 7. The van der Waals surface area contributed by atoms with E-state index in [0.717, 1.165) is 0 Å². The molecule has 0 radical (unpaired) electrons. The lowest BCUT2D eigenvalue weighted by Gasteiger charge is -2.30. The Morgan fingerprint density at radius 3 is 1.87 bits per heavy atom. The van der Waals surface area contributed by atoms with Crippen molar-refractivity contribution in [2.45, 2.75) is 64.8 Å². The number of quaternary nitrogens is 1. The SMILES string of the molecule is CC(C)(O)CC(=O)OC(CC(=O)OC(C)(C)C)C[N+](C)(C)C.[Cl-]. The second-order valence-electron chi connectivity index (χ2n) is 8.36. The van der Waals surface area contributed by atoms with Crippen molar-refractivity contribution in [3.8, 4) is 0 Å². The molecule has 0 aliphatic heterocycles. The fraction of sp³-hybridized carbons (Fsp3) is 0.875. The summed E-state index contributed by atoms with van der Waals surface area (Å²) in [7, 11) is 5.85. The first-order valence-electron chi connectivity index (χ1n) is 7.51. The van der Waals surface area contributed by atoms with Gasteiger partial charge < -0.3 is 31.5 Å². The van der Waals surface area contributed by atoms with Gasteiger partial charge in [0.25, 0.3) is 0 Å². The molecule has 1 N–H and O–H groups in total. The normalized spacial score (nSPS) is 13.8. The molecule has 0 saturated heterocycles. The number of esters is 2. The molecule has 0 rings (SSSR count). The smallest absolute Gasteiger partial charge is 0.310 e. The standard InChI is InChI=1S/C16H32NO5.ClH/c1-15(2,3)22-13(18)9-12(11-17(6,7)8)21-14(19)10-16(4,5)20;/h12,20H,9-11H2,1-8H3;1H/q+1;/p-1. The van der Waals surface area contributed by atoms with Crippen LogP contribution in [0.15, 0.2) is 0 Å². The third-order valence-corrected chi connectivity index (χ3v) is 2.44. The minimum atomic E-state index is -1.13. The number of carbonyl (C=O) groups is 2. The van der Waals surface area contributed by atoms with Gasteiger partial charge in [0.05, 0.1) is 39.6 Å². The highest BCUT2D eigenvalue weighted by Gasteiger charge is 2.29. The van der Waals surface area contributed by atoms with Crippen molar-refractivity contribution >= 4 is 11.9 Å². The van der Waals surface area contributed by atoms with Crippen LogP contribution < -0.4 is 12.4 Å². The Labute approximate surface area is 146 Å². The number of halogens is 1. The van der Waals surface area contributed by atoms with Crippen molar-refractivity contribution in [1.82, 2.24) is 0 Å². The molecule has 0 aliphatic carbocycles. The number of likely N-dealkylation sites (N-methyl/N-ethyl adjacent to an activating group) is 1. The monoisotopic (exact) mass is 353 g/mol. The fourth-order valence-electron chi connectivity index (χ4n) is 1.90. The summed E-state index contributed by atoms with van der Waals surface area (Å²) in [5.74, 6) is -0.920. The number of aliphatic hydroxyl groups is 1. The average Bonchev–Trinajstić information content (AvgIpc) is 2.05. The van der Waals surface area contributed by atoms with Gasteiger partial charge in [-0.25, -0.2) is 0 Å². The van der Waals surface area contributed by atoms with Gasteiger partial charge in [-0.2, -0.15) is 0 Å². The number of hydrogen-bond acceptors (Lipinski definition) is 5. The molecule has 138 valence electrons. The summed E-state index contributed by atoms with van der Waals surface area (Å²) in [5.41, 5.74) is -1.71. The lowest BCUT2D eigenvalue weighted by atomic mass is 10.1. The lowest BCUT2D eigenvalue weighted by Crippen LogP contribution is -3.00. The molecule has 6 nitrogen and oxygen atoms in total. The Bertz CT molecular complexity index is 361. The summed E-state index contributed by atoms with van der Waals surface area (Å²) in [6.45, 7) is 8.94. The number of ether oxygens (including phenoxy) is 2. The van der Waals surface area contributed by atoms with Crippen LogP contribution in [0.3, 0.4) is 0 Å². The van der Waals surface area contributed by atoms with E-state index in [-0.39, 0.29) is 25.2 Å². The highest BCUT2D eigenvalue weighted by Crippen LogP contribution is 2.15. The molecule has 1 unspecified atom stereocenters. The summed E-state index contributed by atoms with van der Waals surface area (Å²) in [6, 6.07) is 0. The predicted octanol–water partition coefficient (Wildman–Crippen LogP) is -1.50. The van der Waals surface area contributed by atoms with Crippen LogP contribution in [-0.4, -0.2) is 66.5 Å². The molecule has 7 heteroatoms. The quantitative estimate of drug-likeness (QED) is 0.445. The van der Waals surface area contributed by atoms with E-state index in [2.05, 4.69) is 0 Å². The molecule has 0 bridgehead atoms. The molecular formula is C16H32ClNO5. The van der Waals surface area contributed by atoms with Gasteiger partial charge in [-0.15, -0.1) is 0 Å². The fourth-order valence-corrected chi connectivity index (χ4v) is 1.90. The van der Waals surface area contributed by atoms with Gasteiger partial charge in [0, 0.05) is 0 Å². The van der Waals surface area contributed by atoms with E-state index >= 15 is 0 Å². The van der Waals surface area contributed by atoms with E-state index in [0.29, 0.717) is 11.0 Å². The molecule has 23 heavy (non-hydrogen) atoms. The van der Waals surface area contributed by atoms with E-state index in [4.69, 9.17) is 9.47 Å². The zero-order valence-corrected chi connectivity index (χ0v) is 16.4. The van der Waals surface area contributed by atoms with Gasteiger partial charge in [0.15, 0.2) is 6.10 Å². The molecule has 0 aromatic carbocycles. The Balaban J connectivity index is 0. The van der Waals surface area contributed by atoms with Gasteiger partial charge >= 0.3 is 11.9 Å². The summed E-state index contributed by atoms with van der Waals surface area (Å²) < 4.78 is 11.2. The molecule has 0 aromatic heterocycles. The van der Waals surface area contributed by atoms with Crippen molar-refractivity contribution in [3.05, 3.63) is 0 Å². The van der Waals surface area contributed by atoms with Gasteiger partial charge in [0.2, 0.25) is 0 Å². The molecule has 0 amide bonds. The van der Waals surface area contributed by atoms with Crippen LogP contribution in [0.4, 0.5) is 0 Å². The predicted molar refractivity (Wildman–Crippen MR) is 84.2 cm³/mol. The van der Waals surface area contributed by atoms with Gasteiger partial charge in [-0.1, -0.05) is 0 Å². The minimum Gasteiger partial charge on any atom is -1.00 e.